The predicted molar refractivity (Wildman–Crippen MR) is 56.9 cm³/mol. The molecule has 0 rings (SSSR count). The summed E-state index contributed by atoms with van der Waals surface area (Å²) in [6.07, 6.45) is 0.665. The van der Waals surface area contributed by atoms with Crippen LogP contribution >= 0.6 is 0 Å². The minimum Gasteiger partial charge on any atom is -0.379 e. The molecule has 0 radical (unpaired) electrons. The van der Waals surface area contributed by atoms with Gasteiger partial charge in [-0.2, -0.15) is 0 Å². The van der Waals surface area contributed by atoms with Crippen LogP contribution in [0.1, 0.15) is 27.2 Å². The quantitative estimate of drug-likeness (QED) is 0.591. The second-order valence-corrected chi connectivity index (χ2v) is 3.77. The van der Waals surface area contributed by atoms with Gasteiger partial charge in [-0.15, -0.1) is 0 Å². The predicted octanol–water partition coefficient (Wildman–Crippen LogP) is 0.513. The third-order valence-corrected chi connectivity index (χ3v) is 1.77. The van der Waals surface area contributed by atoms with Crippen LogP contribution in [-0.2, 0) is 9.53 Å². The first-order valence-corrected chi connectivity index (χ1v) is 5.19. The fraction of sp³-hybridized carbons (Fsp3) is 0.900. The van der Waals surface area contributed by atoms with Gasteiger partial charge in [0.25, 0.3) is 0 Å². The van der Waals surface area contributed by atoms with Crippen LogP contribution < -0.4 is 11.1 Å². The van der Waals surface area contributed by atoms with Crippen LogP contribution in [-0.4, -0.2) is 31.7 Å². The molecule has 0 fully saturated rings. The van der Waals surface area contributed by atoms with E-state index in [9.17, 15) is 4.79 Å². The minimum absolute atomic E-state index is 0.0966. The van der Waals surface area contributed by atoms with Crippen LogP contribution in [0, 0.1) is 5.92 Å². The SMILES string of the molecule is CC[C@H](N)C(=O)NCCOCC(C)C. The molecule has 0 aliphatic heterocycles. The van der Waals surface area contributed by atoms with E-state index in [2.05, 4.69) is 19.2 Å². The average molecular weight is 202 g/mol. The minimum atomic E-state index is -0.389. The fourth-order valence-corrected chi connectivity index (χ4v) is 0.882. The van der Waals surface area contributed by atoms with Crippen molar-refractivity contribution in [2.45, 2.75) is 33.2 Å². The lowest BCUT2D eigenvalue weighted by Gasteiger charge is -2.10. The molecule has 0 aromatic heterocycles. The van der Waals surface area contributed by atoms with E-state index in [0.717, 1.165) is 6.61 Å². The Hall–Kier alpha value is -0.610. The molecule has 1 atom stereocenters. The van der Waals surface area contributed by atoms with Crippen molar-refractivity contribution in [1.82, 2.24) is 5.32 Å². The summed E-state index contributed by atoms with van der Waals surface area (Å²) in [5.74, 6) is 0.434. The standard InChI is InChI=1S/C10H22N2O2/c1-4-9(11)10(13)12-5-6-14-7-8(2)3/h8-9H,4-7,11H2,1-3H3,(H,12,13)/t9-/m0/s1. The first-order valence-electron chi connectivity index (χ1n) is 5.19. The van der Waals surface area contributed by atoms with Gasteiger partial charge in [0, 0.05) is 13.2 Å². The van der Waals surface area contributed by atoms with E-state index in [1.165, 1.54) is 0 Å². The van der Waals surface area contributed by atoms with Crippen LogP contribution in [0.5, 0.6) is 0 Å². The summed E-state index contributed by atoms with van der Waals surface area (Å²) >= 11 is 0. The number of ether oxygens (including phenoxy) is 1. The van der Waals surface area contributed by atoms with Crippen molar-refractivity contribution in [1.29, 1.82) is 0 Å². The number of carbonyl (C=O) groups excluding carboxylic acids is 1. The molecule has 84 valence electrons. The summed E-state index contributed by atoms with van der Waals surface area (Å²) in [6, 6.07) is -0.389. The summed E-state index contributed by atoms with van der Waals surface area (Å²) in [5, 5.41) is 2.72. The molecule has 0 heterocycles. The van der Waals surface area contributed by atoms with Gasteiger partial charge in [0.05, 0.1) is 12.6 Å². The van der Waals surface area contributed by atoms with Gasteiger partial charge in [0.1, 0.15) is 0 Å². The lowest BCUT2D eigenvalue weighted by molar-refractivity contribution is -0.122. The smallest absolute Gasteiger partial charge is 0.236 e. The van der Waals surface area contributed by atoms with E-state index in [0.29, 0.717) is 25.5 Å². The number of rotatable bonds is 7. The lowest BCUT2D eigenvalue weighted by Crippen LogP contribution is -2.41. The van der Waals surface area contributed by atoms with Crippen molar-refractivity contribution in [2.24, 2.45) is 11.7 Å². The number of nitrogens with two attached hydrogens (primary N) is 1. The van der Waals surface area contributed by atoms with Crippen LogP contribution in [0.25, 0.3) is 0 Å². The largest absolute Gasteiger partial charge is 0.379 e. The molecule has 14 heavy (non-hydrogen) atoms. The number of nitrogens with one attached hydrogen (secondary N) is 1. The van der Waals surface area contributed by atoms with Crippen molar-refractivity contribution >= 4 is 5.91 Å². The molecule has 0 aromatic rings. The van der Waals surface area contributed by atoms with Crippen molar-refractivity contribution in [3.63, 3.8) is 0 Å². The zero-order valence-electron chi connectivity index (χ0n) is 9.38. The van der Waals surface area contributed by atoms with Crippen LogP contribution in [0.15, 0.2) is 0 Å². The Balaban J connectivity index is 3.32. The van der Waals surface area contributed by atoms with Gasteiger partial charge in [0.15, 0.2) is 0 Å². The zero-order chi connectivity index (χ0) is 11.0. The summed E-state index contributed by atoms with van der Waals surface area (Å²) in [4.78, 5) is 11.2. The summed E-state index contributed by atoms with van der Waals surface area (Å²) in [5.41, 5.74) is 5.53. The first-order chi connectivity index (χ1) is 6.57. The van der Waals surface area contributed by atoms with Crippen molar-refractivity contribution in [2.75, 3.05) is 19.8 Å². The first kappa shape index (κ1) is 13.4. The van der Waals surface area contributed by atoms with Crippen molar-refractivity contribution in [3.05, 3.63) is 0 Å². The van der Waals surface area contributed by atoms with Crippen molar-refractivity contribution in [3.8, 4) is 0 Å². The van der Waals surface area contributed by atoms with E-state index in [-0.39, 0.29) is 11.9 Å². The van der Waals surface area contributed by atoms with Gasteiger partial charge in [-0.3, -0.25) is 4.79 Å². The summed E-state index contributed by atoms with van der Waals surface area (Å²) < 4.78 is 5.30. The van der Waals surface area contributed by atoms with E-state index in [1.54, 1.807) is 0 Å². The Labute approximate surface area is 86.2 Å². The Morgan fingerprint density at radius 3 is 2.64 bits per heavy atom. The number of carbonyl (C=O) groups is 1. The van der Waals surface area contributed by atoms with Gasteiger partial charge >= 0.3 is 0 Å². The third-order valence-electron chi connectivity index (χ3n) is 1.77. The molecule has 0 aliphatic rings. The molecule has 4 heteroatoms. The maximum absolute atomic E-state index is 11.2. The molecule has 0 unspecified atom stereocenters. The highest BCUT2D eigenvalue weighted by Crippen LogP contribution is 1.91. The molecule has 0 saturated carbocycles. The molecule has 0 bridgehead atoms. The highest BCUT2D eigenvalue weighted by atomic mass is 16.5. The fourth-order valence-electron chi connectivity index (χ4n) is 0.882. The molecule has 1 amide bonds. The summed E-state index contributed by atoms with van der Waals surface area (Å²) in [6.45, 7) is 7.89. The van der Waals surface area contributed by atoms with Gasteiger partial charge in [-0.1, -0.05) is 20.8 Å². The maximum atomic E-state index is 11.2. The lowest BCUT2D eigenvalue weighted by atomic mass is 10.2. The van der Waals surface area contributed by atoms with Crippen LogP contribution in [0.3, 0.4) is 0 Å². The average Bonchev–Trinajstić information content (AvgIpc) is 2.15. The molecular formula is C10H22N2O2. The molecule has 0 spiro atoms. The topological polar surface area (TPSA) is 64.4 Å². The molecule has 4 nitrogen and oxygen atoms in total. The number of hydrogen-bond acceptors (Lipinski definition) is 3. The van der Waals surface area contributed by atoms with Crippen LogP contribution in [0.2, 0.25) is 0 Å². The molecule has 0 saturated heterocycles. The van der Waals surface area contributed by atoms with Crippen LogP contribution in [0.4, 0.5) is 0 Å². The van der Waals surface area contributed by atoms with Gasteiger partial charge in [-0.05, 0) is 12.3 Å². The zero-order valence-corrected chi connectivity index (χ0v) is 9.38. The van der Waals surface area contributed by atoms with E-state index < -0.39 is 0 Å². The normalized spacial score (nSPS) is 12.9. The molecular weight excluding hydrogens is 180 g/mol. The number of amides is 1. The van der Waals surface area contributed by atoms with E-state index in [1.807, 2.05) is 6.92 Å². The van der Waals surface area contributed by atoms with Gasteiger partial charge < -0.3 is 15.8 Å². The highest BCUT2D eigenvalue weighted by Gasteiger charge is 2.08. The van der Waals surface area contributed by atoms with Gasteiger partial charge in [0.2, 0.25) is 5.91 Å². The summed E-state index contributed by atoms with van der Waals surface area (Å²) in [7, 11) is 0. The third kappa shape index (κ3) is 6.86. The van der Waals surface area contributed by atoms with Gasteiger partial charge in [-0.25, -0.2) is 0 Å². The maximum Gasteiger partial charge on any atom is 0.236 e. The van der Waals surface area contributed by atoms with E-state index in [4.69, 9.17) is 10.5 Å². The second-order valence-electron chi connectivity index (χ2n) is 3.77. The van der Waals surface area contributed by atoms with Crippen molar-refractivity contribution < 1.29 is 9.53 Å². The Morgan fingerprint density at radius 2 is 2.14 bits per heavy atom. The Kier molecular flexibility index (Phi) is 7.42. The molecule has 3 N–H and O–H groups in total. The van der Waals surface area contributed by atoms with E-state index >= 15 is 0 Å². The highest BCUT2D eigenvalue weighted by molar-refractivity contribution is 5.81. The molecule has 0 aromatic carbocycles. The Morgan fingerprint density at radius 1 is 1.50 bits per heavy atom. The molecule has 0 aliphatic carbocycles. The monoisotopic (exact) mass is 202 g/mol. The number of hydrogen-bond donors (Lipinski definition) is 2. The Bertz CT molecular complexity index is 160. The second kappa shape index (κ2) is 7.76.